The van der Waals surface area contributed by atoms with E-state index >= 15 is 0 Å². The lowest BCUT2D eigenvalue weighted by Gasteiger charge is -2.22. The molecule has 0 spiro atoms. The maximum atomic E-state index is 13.3. The fourth-order valence-electron chi connectivity index (χ4n) is 3.52. The van der Waals surface area contributed by atoms with E-state index in [9.17, 15) is 4.39 Å². The molecule has 3 aromatic rings. The van der Waals surface area contributed by atoms with E-state index in [1.165, 1.54) is 28.8 Å². The summed E-state index contributed by atoms with van der Waals surface area (Å²) in [7, 11) is 0. The van der Waals surface area contributed by atoms with Crippen LogP contribution >= 0.6 is 0 Å². The van der Waals surface area contributed by atoms with Crippen LogP contribution in [0.5, 0.6) is 0 Å². The van der Waals surface area contributed by atoms with Crippen LogP contribution < -0.4 is 0 Å². The van der Waals surface area contributed by atoms with Crippen LogP contribution in [-0.4, -0.2) is 0 Å². The summed E-state index contributed by atoms with van der Waals surface area (Å²) in [5.74, 6) is 0.0658. The van der Waals surface area contributed by atoms with E-state index in [1.807, 2.05) is 36.4 Å². The molecular formula is C26H25F. The van der Waals surface area contributed by atoms with Gasteiger partial charge in [0.05, 0.1) is 0 Å². The lowest BCUT2D eigenvalue weighted by molar-refractivity contribution is 0.625. The Hall–Kier alpha value is -2.93. The molecular weight excluding hydrogens is 331 g/mol. The third-order valence-electron chi connectivity index (χ3n) is 4.94. The van der Waals surface area contributed by atoms with Crippen molar-refractivity contribution in [3.63, 3.8) is 0 Å². The van der Waals surface area contributed by atoms with E-state index in [0.29, 0.717) is 0 Å². The summed E-state index contributed by atoms with van der Waals surface area (Å²) in [6.07, 6.45) is 3.66. The highest BCUT2D eigenvalue weighted by Crippen LogP contribution is 2.34. The Morgan fingerprint density at radius 3 is 2.37 bits per heavy atom. The molecule has 0 radical (unpaired) electrons. The smallest absolute Gasteiger partial charge is 0.123 e. The fourth-order valence-corrected chi connectivity index (χ4v) is 3.52. The lowest BCUT2D eigenvalue weighted by Crippen LogP contribution is -2.07. The molecule has 0 aliphatic rings. The summed E-state index contributed by atoms with van der Waals surface area (Å²) in [6.45, 7) is 10.4. The molecule has 0 fully saturated rings. The molecule has 3 aromatic carbocycles. The molecule has 0 saturated carbocycles. The zero-order valence-electron chi connectivity index (χ0n) is 15.8. The van der Waals surface area contributed by atoms with Crippen molar-refractivity contribution >= 4 is 5.57 Å². The van der Waals surface area contributed by atoms with Crippen molar-refractivity contribution in [1.82, 2.24) is 0 Å². The van der Waals surface area contributed by atoms with Crippen LogP contribution in [0.15, 0.2) is 92.0 Å². The minimum Gasteiger partial charge on any atom is -0.207 e. The predicted molar refractivity (Wildman–Crippen MR) is 113 cm³/mol. The number of benzene rings is 3. The maximum Gasteiger partial charge on any atom is 0.123 e. The molecule has 1 unspecified atom stereocenters. The zero-order chi connectivity index (χ0) is 19.2. The highest BCUT2D eigenvalue weighted by Gasteiger charge is 2.17. The van der Waals surface area contributed by atoms with Crippen molar-refractivity contribution in [2.45, 2.75) is 25.7 Å². The van der Waals surface area contributed by atoms with Crippen molar-refractivity contribution in [2.75, 3.05) is 0 Å². The van der Waals surface area contributed by atoms with Crippen molar-refractivity contribution in [2.24, 2.45) is 0 Å². The average Bonchev–Trinajstić information content (AvgIpc) is 2.69. The normalized spacial score (nSPS) is 11.8. The average molecular weight is 356 g/mol. The topological polar surface area (TPSA) is 0 Å². The molecule has 0 bridgehead atoms. The Morgan fingerprint density at radius 2 is 1.70 bits per heavy atom. The van der Waals surface area contributed by atoms with Gasteiger partial charge < -0.3 is 0 Å². The molecule has 0 aliphatic carbocycles. The number of halogens is 1. The Kier molecular flexibility index (Phi) is 6.03. The van der Waals surface area contributed by atoms with E-state index in [0.717, 1.165) is 29.5 Å². The molecule has 0 aromatic heterocycles. The molecule has 27 heavy (non-hydrogen) atoms. The van der Waals surface area contributed by atoms with Crippen LogP contribution in [-0.2, 0) is 6.42 Å². The summed E-state index contributed by atoms with van der Waals surface area (Å²) < 4.78 is 13.3. The molecule has 1 heteroatoms. The molecule has 0 heterocycles. The van der Waals surface area contributed by atoms with Crippen molar-refractivity contribution in [1.29, 1.82) is 0 Å². The monoisotopic (exact) mass is 356 g/mol. The first kappa shape index (κ1) is 18.8. The van der Waals surface area contributed by atoms with Crippen molar-refractivity contribution < 1.29 is 4.39 Å². The van der Waals surface area contributed by atoms with Gasteiger partial charge in [-0.05, 0) is 65.6 Å². The van der Waals surface area contributed by atoms with Crippen molar-refractivity contribution in [3.05, 3.63) is 126 Å². The maximum absolute atomic E-state index is 13.3. The second-order valence-corrected chi connectivity index (χ2v) is 6.99. The van der Waals surface area contributed by atoms with Gasteiger partial charge in [-0.25, -0.2) is 4.39 Å². The van der Waals surface area contributed by atoms with E-state index in [1.54, 1.807) is 0 Å². The molecule has 0 nitrogen and oxygen atoms in total. The van der Waals surface area contributed by atoms with Gasteiger partial charge in [0.2, 0.25) is 0 Å². The molecule has 0 saturated heterocycles. The molecule has 0 N–H and O–H groups in total. The second kappa shape index (κ2) is 8.64. The Morgan fingerprint density at radius 1 is 1.00 bits per heavy atom. The van der Waals surface area contributed by atoms with Crippen LogP contribution in [0.1, 0.15) is 40.2 Å². The Balaban J connectivity index is 2.01. The number of hydrogen-bond donors (Lipinski definition) is 0. The summed E-state index contributed by atoms with van der Waals surface area (Å²) in [4.78, 5) is 0. The molecule has 0 aliphatic heterocycles. The van der Waals surface area contributed by atoms with Crippen LogP contribution in [0, 0.1) is 12.7 Å². The lowest BCUT2D eigenvalue weighted by atomic mass is 9.82. The van der Waals surface area contributed by atoms with Gasteiger partial charge in [-0.1, -0.05) is 78.9 Å². The summed E-state index contributed by atoms with van der Waals surface area (Å²) in [6, 6.07) is 23.6. The SMILES string of the molecule is C=CCC(Cc1ccc(F)cc1)c1cc(C)ccc1C(=C)c1ccccc1. The Labute approximate surface area is 161 Å². The summed E-state index contributed by atoms with van der Waals surface area (Å²) in [5, 5.41) is 0. The number of aryl methyl sites for hydroxylation is 1. The number of hydrogen-bond acceptors (Lipinski definition) is 0. The molecule has 1 atom stereocenters. The van der Waals surface area contributed by atoms with Gasteiger partial charge >= 0.3 is 0 Å². The third-order valence-corrected chi connectivity index (χ3v) is 4.94. The predicted octanol–water partition coefficient (Wildman–Crippen LogP) is 7.10. The second-order valence-electron chi connectivity index (χ2n) is 6.99. The standard InChI is InChI=1S/C26H25F/c1-4-8-23(18-21-12-14-24(27)15-13-21)26-17-19(2)11-16-25(26)20(3)22-9-6-5-7-10-22/h4-7,9-17,23H,1,3,8,18H2,2H3. The van der Waals surface area contributed by atoms with Gasteiger partial charge in [0.15, 0.2) is 0 Å². The van der Waals surface area contributed by atoms with Crippen LogP contribution in [0.25, 0.3) is 5.57 Å². The summed E-state index contributed by atoms with van der Waals surface area (Å²) >= 11 is 0. The van der Waals surface area contributed by atoms with E-state index in [-0.39, 0.29) is 11.7 Å². The van der Waals surface area contributed by atoms with Gasteiger partial charge in [0.1, 0.15) is 5.82 Å². The highest BCUT2D eigenvalue weighted by molar-refractivity contribution is 5.80. The first-order valence-corrected chi connectivity index (χ1v) is 9.29. The number of rotatable bonds is 7. The van der Waals surface area contributed by atoms with Gasteiger partial charge in [0, 0.05) is 0 Å². The zero-order valence-corrected chi connectivity index (χ0v) is 15.8. The van der Waals surface area contributed by atoms with Crippen LogP contribution in [0.4, 0.5) is 4.39 Å². The van der Waals surface area contributed by atoms with E-state index in [4.69, 9.17) is 0 Å². The molecule has 136 valence electrons. The minimum atomic E-state index is -0.201. The van der Waals surface area contributed by atoms with Crippen LogP contribution in [0.2, 0.25) is 0 Å². The minimum absolute atomic E-state index is 0.201. The van der Waals surface area contributed by atoms with E-state index in [2.05, 4.69) is 50.4 Å². The van der Waals surface area contributed by atoms with Gasteiger partial charge in [0.25, 0.3) is 0 Å². The van der Waals surface area contributed by atoms with Crippen molar-refractivity contribution in [3.8, 4) is 0 Å². The fraction of sp³-hybridized carbons (Fsp3) is 0.154. The molecule has 0 amide bonds. The van der Waals surface area contributed by atoms with E-state index < -0.39 is 0 Å². The first-order valence-electron chi connectivity index (χ1n) is 9.29. The highest BCUT2D eigenvalue weighted by atomic mass is 19.1. The van der Waals surface area contributed by atoms with Gasteiger partial charge in [-0.15, -0.1) is 6.58 Å². The van der Waals surface area contributed by atoms with Crippen LogP contribution in [0.3, 0.4) is 0 Å². The largest absolute Gasteiger partial charge is 0.207 e. The first-order chi connectivity index (χ1) is 13.1. The van der Waals surface area contributed by atoms with Gasteiger partial charge in [-0.2, -0.15) is 0 Å². The number of allylic oxidation sites excluding steroid dienone is 1. The van der Waals surface area contributed by atoms with Gasteiger partial charge in [-0.3, -0.25) is 0 Å². The Bertz CT molecular complexity index is 920. The summed E-state index contributed by atoms with van der Waals surface area (Å²) in [5.41, 5.74) is 6.94. The third kappa shape index (κ3) is 4.62. The molecule has 3 rings (SSSR count). The quantitative estimate of drug-likeness (QED) is 0.396.